The molecule has 2 aromatic carbocycles. The van der Waals surface area contributed by atoms with Crippen LogP contribution in [0.15, 0.2) is 45.3 Å². The molecule has 0 saturated heterocycles. The summed E-state index contributed by atoms with van der Waals surface area (Å²) in [5, 5.41) is 10.1. The van der Waals surface area contributed by atoms with Crippen LogP contribution in [-0.4, -0.2) is 5.11 Å². The van der Waals surface area contributed by atoms with Gasteiger partial charge in [-0.25, -0.2) is 0 Å². The molecular weight excluding hydrogens is 395 g/mol. The first-order valence-electron chi connectivity index (χ1n) is 5.58. The molecule has 1 N–H and O–H groups in total. The molecule has 0 aromatic heterocycles. The molecule has 0 fully saturated rings. The normalized spacial score (nSPS) is 12.3. The minimum absolute atomic E-state index is 0.530. The molecule has 0 aliphatic carbocycles. The molecule has 1 unspecified atom stereocenters. The predicted molar refractivity (Wildman–Crippen MR) is 84.0 cm³/mol. The Bertz CT molecular complexity index is 600. The lowest BCUT2D eigenvalue weighted by molar-refractivity contribution is 0.198. The predicted octanol–water partition coefficient (Wildman–Crippen LogP) is 5.71. The highest BCUT2D eigenvalue weighted by Crippen LogP contribution is 2.34. The molecule has 100 valence electrons. The molecule has 0 bridgehead atoms. The molecule has 0 spiro atoms. The number of aliphatic hydroxyl groups excluding tert-OH is 1. The van der Waals surface area contributed by atoms with E-state index in [0.29, 0.717) is 16.5 Å². The third-order valence-corrected chi connectivity index (χ3v) is 4.04. The molecular formula is C14H11Br2ClO2. The van der Waals surface area contributed by atoms with E-state index in [-0.39, 0.29) is 0 Å². The van der Waals surface area contributed by atoms with Gasteiger partial charge < -0.3 is 9.84 Å². The van der Waals surface area contributed by atoms with Gasteiger partial charge >= 0.3 is 0 Å². The van der Waals surface area contributed by atoms with Gasteiger partial charge in [0.05, 0.1) is 11.1 Å². The largest absolute Gasteiger partial charge is 0.456 e. The standard InChI is InChI=1S/C14H11Br2ClO2/c1-8(18)11-4-3-10(7-12(11)16)19-14-6-9(15)2-5-13(14)17/h2-8,18H,1H3. The van der Waals surface area contributed by atoms with Crippen LogP contribution >= 0.6 is 43.5 Å². The van der Waals surface area contributed by atoms with Crippen molar-refractivity contribution in [2.45, 2.75) is 13.0 Å². The zero-order valence-corrected chi connectivity index (χ0v) is 14.0. The summed E-state index contributed by atoms with van der Waals surface area (Å²) in [5.41, 5.74) is 0.813. The maximum Gasteiger partial charge on any atom is 0.147 e. The molecule has 1 atom stereocenters. The van der Waals surface area contributed by atoms with Gasteiger partial charge in [-0.15, -0.1) is 0 Å². The van der Waals surface area contributed by atoms with E-state index >= 15 is 0 Å². The van der Waals surface area contributed by atoms with Crippen LogP contribution in [0.3, 0.4) is 0 Å². The molecule has 5 heteroatoms. The third kappa shape index (κ3) is 3.72. The van der Waals surface area contributed by atoms with Crippen LogP contribution in [0.4, 0.5) is 0 Å². The summed E-state index contributed by atoms with van der Waals surface area (Å²) < 4.78 is 7.42. The molecule has 0 aliphatic heterocycles. The number of halogens is 3. The van der Waals surface area contributed by atoms with Gasteiger partial charge in [-0.05, 0) is 42.8 Å². The average molecular weight is 407 g/mol. The first-order valence-corrected chi connectivity index (χ1v) is 7.54. The van der Waals surface area contributed by atoms with Crippen LogP contribution in [0.2, 0.25) is 5.02 Å². The quantitative estimate of drug-likeness (QED) is 0.707. The van der Waals surface area contributed by atoms with Gasteiger partial charge in [-0.3, -0.25) is 0 Å². The lowest BCUT2D eigenvalue weighted by atomic mass is 10.1. The fraction of sp³-hybridized carbons (Fsp3) is 0.143. The number of rotatable bonds is 3. The van der Waals surface area contributed by atoms with Crippen molar-refractivity contribution in [3.63, 3.8) is 0 Å². The van der Waals surface area contributed by atoms with Gasteiger partial charge in [0.15, 0.2) is 0 Å². The molecule has 0 amide bonds. The van der Waals surface area contributed by atoms with Gasteiger partial charge in [0, 0.05) is 8.95 Å². The second kappa shape index (κ2) is 6.27. The van der Waals surface area contributed by atoms with Crippen molar-refractivity contribution in [2.75, 3.05) is 0 Å². The Morgan fingerprint density at radius 1 is 1.16 bits per heavy atom. The molecule has 0 aliphatic rings. The Kier molecular flexibility index (Phi) is 4.90. The molecule has 0 saturated carbocycles. The number of ether oxygens (including phenoxy) is 1. The van der Waals surface area contributed by atoms with Crippen molar-refractivity contribution in [3.05, 3.63) is 55.9 Å². The van der Waals surface area contributed by atoms with Gasteiger partial charge in [-0.1, -0.05) is 49.5 Å². The van der Waals surface area contributed by atoms with E-state index in [1.165, 1.54) is 0 Å². The van der Waals surface area contributed by atoms with E-state index < -0.39 is 6.10 Å². The fourth-order valence-corrected chi connectivity index (χ4v) is 2.78. The molecule has 2 aromatic rings. The van der Waals surface area contributed by atoms with Gasteiger partial charge in [-0.2, -0.15) is 0 Å². The number of hydrogen-bond donors (Lipinski definition) is 1. The third-order valence-electron chi connectivity index (χ3n) is 2.54. The molecule has 0 heterocycles. The molecule has 19 heavy (non-hydrogen) atoms. The highest BCUT2D eigenvalue weighted by molar-refractivity contribution is 9.10. The Hall–Kier alpha value is -0.550. The summed E-state index contributed by atoms with van der Waals surface area (Å²) in [4.78, 5) is 0. The maximum absolute atomic E-state index is 9.57. The SMILES string of the molecule is CC(O)c1ccc(Oc2cc(Br)ccc2Cl)cc1Br. The van der Waals surface area contributed by atoms with Gasteiger partial charge in [0.1, 0.15) is 11.5 Å². The lowest BCUT2D eigenvalue weighted by Gasteiger charge is -2.11. The zero-order valence-electron chi connectivity index (χ0n) is 10.0. The van der Waals surface area contributed by atoms with Crippen LogP contribution in [0.1, 0.15) is 18.6 Å². The maximum atomic E-state index is 9.57. The van der Waals surface area contributed by atoms with Crippen LogP contribution in [-0.2, 0) is 0 Å². The highest BCUT2D eigenvalue weighted by atomic mass is 79.9. The van der Waals surface area contributed by atoms with Crippen LogP contribution in [0.25, 0.3) is 0 Å². The van der Waals surface area contributed by atoms with Crippen LogP contribution in [0, 0.1) is 0 Å². The summed E-state index contributed by atoms with van der Waals surface area (Å²) in [6.07, 6.45) is -0.530. The van der Waals surface area contributed by atoms with Crippen LogP contribution < -0.4 is 4.74 Å². The summed E-state index contributed by atoms with van der Waals surface area (Å²) in [6.45, 7) is 1.71. The van der Waals surface area contributed by atoms with Gasteiger partial charge in [0.25, 0.3) is 0 Å². The molecule has 2 nitrogen and oxygen atoms in total. The minimum atomic E-state index is -0.530. The first kappa shape index (κ1) is 14.9. The Balaban J connectivity index is 2.29. The van der Waals surface area contributed by atoms with E-state index in [0.717, 1.165) is 14.5 Å². The van der Waals surface area contributed by atoms with Crippen molar-refractivity contribution in [1.82, 2.24) is 0 Å². The highest BCUT2D eigenvalue weighted by Gasteiger charge is 2.09. The second-order valence-electron chi connectivity index (χ2n) is 4.04. The number of hydrogen-bond acceptors (Lipinski definition) is 2. The van der Waals surface area contributed by atoms with E-state index in [2.05, 4.69) is 31.9 Å². The molecule has 0 radical (unpaired) electrons. The van der Waals surface area contributed by atoms with E-state index in [9.17, 15) is 5.11 Å². The second-order valence-corrected chi connectivity index (χ2v) is 6.21. The van der Waals surface area contributed by atoms with Crippen molar-refractivity contribution in [2.24, 2.45) is 0 Å². The number of aliphatic hydroxyl groups is 1. The van der Waals surface area contributed by atoms with Gasteiger partial charge in [0.2, 0.25) is 0 Å². The Morgan fingerprint density at radius 3 is 2.53 bits per heavy atom. The van der Waals surface area contributed by atoms with Crippen molar-refractivity contribution in [3.8, 4) is 11.5 Å². The minimum Gasteiger partial charge on any atom is -0.456 e. The monoisotopic (exact) mass is 404 g/mol. The Labute approximate surface area is 133 Å². The van der Waals surface area contributed by atoms with Crippen molar-refractivity contribution in [1.29, 1.82) is 0 Å². The van der Waals surface area contributed by atoms with Crippen molar-refractivity contribution >= 4 is 43.5 Å². The lowest BCUT2D eigenvalue weighted by Crippen LogP contribution is -1.93. The summed E-state index contributed by atoms with van der Waals surface area (Å²) in [5.74, 6) is 1.23. The topological polar surface area (TPSA) is 29.5 Å². The van der Waals surface area contributed by atoms with E-state index in [4.69, 9.17) is 16.3 Å². The van der Waals surface area contributed by atoms with E-state index in [1.807, 2.05) is 12.1 Å². The van der Waals surface area contributed by atoms with Crippen LogP contribution in [0.5, 0.6) is 11.5 Å². The smallest absolute Gasteiger partial charge is 0.147 e. The Morgan fingerprint density at radius 2 is 1.89 bits per heavy atom. The fourth-order valence-electron chi connectivity index (χ4n) is 1.59. The summed E-state index contributed by atoms with van der Waals surface area (Å²) >= 11 is 12.9. The summed E-state index contributed by atoms with van der Waals surface area (Å²) in [6, 6.07) is 10.8. The number of benzene rings is 2. The summed E-state index contributed by atoms with van der Waals surface area (Å²) in [7, 11) is 0. The average Bonchev–Trinajstić information content (AvgIpc) is 2.33. The zero-order chi connectivity index (χ0) is 14.0. The van der Waals surface area contributed by atoms with Crippen molar-refractivity contribution < 1.29 is 9.84 Å². The first-order chi connectivity index (χ1) is 8.97. The molecule has 2 rings (SSSR count). The van der Waals surface area contributed by atoms with E-state index in [1.54, 1.807) is 31.2 Å².